The molecule has 1 unspecified atom stereocenters. The summed E-state index contributed by atoms with van der Waals surface area (Å²) in [6.07, 6.45) is 2.28. The number of hydrogen-bond donors (Lipinski definition) is 0. The molecule has 0 aliphatic carbocycles. The zero-order valence-electron chi connectivity index (χ0n) is 19.4. The highest BCUT2D eigenvalue weighted by atomic mass is 32.1. The number of hydrogen-bond acceptors (Lipinski definition) is 4. The molecule has 0 N–H and O–H groups in total. The lowest BCUT2D eigenvalue weighted by Gasteiger charge is -2.39. The first-order chi connectivity index (χ1) is 16.7. The Balaban J connectivity index is 1.17. The number of benzene rings is 2. The quantitative estimate of drug-likeness (QED) is 0.544. The lowest BCUT2D eigenvalue weighted by atomic mass is 9.93. The zero-order valence-corrected chi connectivity index (χ0v) is 20.3. The van der Waals surface area contributed by atoms with Crippen LogP contribution < -0.4 is 0 Å². The molecule has 3 heterocycles. The molecule has 6 heteroatoms. The molecular weight excluding hydrogens is 442 g/mol. The van der Waals surface area contributed by atoms with Crippen molar-refractivity contribution in [1.29, 1.82) is 0 Å². The van der Waals surface area contributed by atoms with Crippen LogP contribution in [0.25, 0.3) is 0 Å². The first kappa shape index (κ1) is 22.8. The van der Waals surface area contributed by atoms with Gasteiger partial charge >= 0.3 is 0 Å². The van der Waals surface area contributed by atoms with Crippen LogP contribution in [-0.2, 0) is 22.4 Å². The summed E-state index contributed by atoms with van der Waals surface area (Å²) >= 11 is 1.82. The Hall–Kier alpha value is -2.96. The number of fused-ring (bicyclic) bond motifs is 1. The van der Waals surface area contributed by atoms with Crippen molar-refractivity contribution in [2.24, 2.45) is 0 Å². The Bertz CT molecular complexity index is 1110. The van der Waals surface area contributed by atoms with E-state index in [-0.39, 0.29) is 17.9 Å². The maximum atomic E-state index is 13.3. The summed E-state index contributed by atoms with van der Waals surface area (Å²) in [7, 11) is 0. The lowest BCUT2D eigenvalue weighted by molar-refractivity contribution is -0.140. The molecule has 176 valence electrons. The van der Waals surface area contributed by atoms with Crippen molar-refractivity contribution in [2.45, 2.75) is 25.3 Å². The second kappa shape index (κ2) is 10.5. The second-order valence-electron chi connectivity index (χ2n) is 9.08. The third-order valence-corrected chi connectivity index (χ3v) is 7.97. The van der Waals surface area contributed by atoms with E-state index in [4.69, 9.17) is 0 Å². The van der Waals surface area contributed by atoms with Crippen LogP contribution in [0.15, 0.2) is 72.1 Å². The Morgan fingerprint density at radius 1 is 0.794 bits per heavy atom. The standard InChI is InChI=1S/C28H31N3O2S/c32-26(12-11-22-7-3-1-4-8-22)29-16-18-30(19-17-29)27(33)21-31-15-13-25-24(14-20-34-25)28(31)23-9-5-2-6-10-23/h1-10,14,20,28H,11-13,15-19,21H2. The van der Waals surface area contributed by atoms with E-state index in [0.717, 1.165) is 19.4 Å². The van der Waals surface area contributed by atoms with E-state index in [1.807, 2.05) is 45.4 Å². The lowest BCUT2D eigenvalue weighted by Crippen LogP contribution is -2.53. The molecule has 2 aliphatic rings. The zero-order chi connectivity index (χ0) is 23.3. The molecule has 5 rings (SSSR count). The maximum absolute atomic E-state index is 13.3. The van der Waals surface area contributed by atoms with Crippen LogP contribution in [0, 0.1) is 0 Å². The molecule has 34 heavy (non-hydrogen) atoms. The molecular formula is C28H31N3O2S. The van der Waals surface area contributed by atoms with Gasteiger partial charge in [-0.15, -0.1) is 11.3 Å². The van der Waals surface area contributed by atoms with Gasteiger partial charge in [0.1, 0.15) is 0 Å². The summed E-state index contributed by atoms with van der Waals surface area (Å²) in [5.41, 5.74) is 3.76. The number of rotatable bonds is 6. The summed E-state index contributed by atoms with van der Waals surface area (Å²) in [5, 5.41) is 2.17. The fourth-order valence-electron chi connectivity index (χ4n) is 5.10. The number of nitrogens with zero attached hydrogens (tertiary/aromatic N) is 3. The molecule has 3 aromatic rings. The monoisotopic (exact) mass is 473 g/mol. The smallest absolute Gasteiger partial charge is 0.236 e. The van der Waals surface area contributed by atoms with Crippen LogP contribution in [0.2, 0.25) is 0 Å². The minimum absolute atomic E-state index is 0.126. The molecule has 1 fully saturated rings. The van der Waals surface area contributed by atoms with Gasteiger partial charge in [-0.25, -0.2) is 0 Å². The van der Waals surface area contributed by atoms with E-state index in [1.165, 1.54) is 21.6 Å². The van der Waals surface area contributed by atoms with Crippen molar-refractivity contribution in [3.63, 3.8) is 0 Å². The van der Waals surface area contributed by atoms with E-state index in [9.17, 15) is 9.59 Å². The Labute approximate surface area is 205 Å². The van der Waals surface area contributed by atoms with Crippen LogP contribution >= 0.6 is 11.3 Å². The highest BCUT2D eigenvalue weighted by molar-refractivity contribution is 7.10. The molecule has 1 atom stereocenters. The summed E-state index contributed by atoms with van der Waals surface area (Å²) in [5.74, 6) is 0.345. The average molecular weight is 474 g/mol. The number of piperazine rings is 1. The van der Waals surface area contributed by atoms with Crippen molar-refractivity contribution in [3.05, 3.63) is 93.7 Å². The Morgan fingerprint density at radius 2 is 1.44 bits per heavy atom. The largest absolute Gasteiger partial charge is 0.339 e. The third-order valence-electron chi connectivity index (χ3n) is 6.97. The van der Waals surface area contributed by atoms with Crippen LogP contribution in [0.1, 0.15) is 34.0 Å². The number of thiophene rings is 1. The first-order valence-corrected chi connectivity index (χ1v) is 13.0. The van der Waals surface area contributed by atoms with E-state index < -0.39 is 0 Å². The van der Waals surface area contributed by atoms with E-state index in [1.54, 1.807) is 0 Å². The Morgan fingerprint density at radius 3 is 2.15 bits per heavy atom. The minimum Gasteiger partial charge on any atom is -0.339 e. The van der Waals surface area contributed by atoms with E-state index >= 15 is 0 Å². The van der Waals surface area contributed by atoms with Crippen molar-refractivity contribution < 1.29 is 9.59 Å². The second-order valence-corrected chi connectivity index (χ2v) is 10.1. The minimum atomic E-state index is 0.126. The van der Waals surface area contributed by atoms with Gasteiger partial charge in [-0.1, -0.05) is 60.7 Å². The topological polar surface area (TPSA) is 43.9 Å². The molecule has 5 nitrogen and oxygen atoms in total. The van der Waals surface area contributed by atoms with Gasteiger partial charge in [-0.2, -0.15) is 0 Å². The fourth-order valence-corrected chi connectivity index (χ4v) is 6.00. The van der Waals surface area contributed by atoms with Crippen LogP contribution in [0.4, 0.5) is 0 Å². The van der Waals surface area contributed by atoms with Gasteiger partial charge in [0.15, 0.2) is 0 Å². The van der Waals surface area contributed by atoms with Crippen molar-refractivity contribution >= 4 is 23.2 Å². The van der Waals surface area contributed by atoms with Crippen molar-refractivity contribution in [3.8, 4) is 0 Å². The SMILES string of the molecule is O=C(CCc1ccccc1)N1CCN(C(=O)CN2CCc3sccc3C2c2ccccc2)CC1. The molecule has 0 spiro atoms. The molecule has 1 saturated heterocycles. The number of carbonyl (C=O) groups excluding carboxylic acids is 2. The fraction of sp³-hybridized carbons (Fsp3) is 0.357. The van der Waals surface area contributed by atoms with Gasteiger partial charge in [0.05, 0.1) is 12.6 Å². The predicted octanol–water partition coefficient (Wildman–Crippen LogP) is 4.00. The summed E-state index contributed by atoms with van der Waals surface area (Å²) < 4.78 is 0. The highest BCUT2D eigenvalue weighted by Crippen LogP contribution is 2.37. The molecule has 2 aliphatic heterocycles. The van der Waals surface area contributed by atoms with Gasteiger partial charge in [0.25, 0.3) is 0 Å². The summed E-state index contributed by atoms with van der Waals surface area (Å²) in [6, 6.07) is 23.0. The van der Waals surface area contributed by atoms with Gasteiger partial charge in [-0.3, -0.25) is 14.5 Å². The summed E-state index contributed by atoms with van der Waals surface area (Å²) in [6.45, 7) is 3.77. The number of aryl methyl sites for hydroxylation is 1. The van der Waals surface area contributed by atoms with Crippen molar-refractivity contribution in [2.75, 3.05) is 39.3 Å². The first-order valence-electron chi connectivity index (χ1n) is 12.1. The van der Waals surface area contributed by atoms with Crippen LogP contribution in [0.5, 0.6) is 0 Å². The molecule has 2 aromatic carbocycles. The van der Waals surface area contributed by atoms with E-state index in [2.05, 4.69) is 52.7 Å². The average Bonchev–Trinajstić information content (AvgIpc) is 3.37. The predicted molar refractivity (Wildman–Crippen MR) is 136 cm³/mol. The Kier molecular flexibility index (Phi) is 7.07. The normalized spacial score (nSPS) is 18.5. The van der Waals surface area contributed by atoms with Gasteiger partial charge in [0.2, 0.25) is 11.8 Å². The van der Waals surface area contributed by atoms with Crippen LogP contribution in [0.3, 0.4) is 0 Å². The van der Waals surface area contributed by atoms with Gasteiger partial charge < -0.3 is 9.80 Å². The van der Waals surface area contributed by atoms with Crippen molar-refractivity contribution in [1.82, 2.24) is 14.7 Å². The molecule has 0 radical (unpaired) electrons. The molecule has 2 amide bonds. The van der Waals surface area contributed by atoms with Gasteiger partial charge in [0, 0.05) is 44.0 Å². The number of amides is 2. The third kappa shape index (κ3) is 5.08. The summed E-state index contributed by atoms with van der Waals surface area (Å²) in [4.78, 5) is 33.5. The number of carbonyl (C=O) groups is 2. The van der Waals surface area contributed by atoms with E-state index in [0.29, 0.717) is 39.1 Å². The molecule has 0 saturated carbocycles. The maximum Gasteiger partial charge on any atom is 0.236 e. The molecule has 1 aromatic heterocycles. The highest BCUT2D eigenvalue weighted by Gasteiger charge is 2.32. The molecule has 0 bridgehead atoms. The van der Waals surface area contributed by atoms with Crippen LogP contribution in [-0.4, -0.2) is 65.8 Å². The van der Waals surface area contributed by atoms with Gasteiger partial charge in [-0.05, 0) is 41.0 Å².